The summed E-state index contributed by atoms with van der Waals surface area (Å²) in [4.78, 5) is 7.81. The number of hydrogen-bond acceptors (Lipinski definition) is 6. The Morgan fingerprint density at radius 3 is 2.62 bits per heavy atom. The van der Waals surface area contributed by atoms with E-state index < -0.39 is 10.0 Å². The van der Waals surface area contributed by atoms with Gasteiger partial charge in [-0.3, -0.25) is 0 Å². The molecule has 1 aliphatic rings. The van der Waals surface area contributed by atoms with Gasteiger partial charge in [-0.05, 0) is 55.4 Å². The summed E-state index contributed by atoms with van der Waals surface area (Å²) in [6.07, 6.45) is 5.21. The zero-order valence-electron chi connectivity index (χ0n) is 13.9. The van der Waals surface area contributed by atoms with Crippen molar-refractivity contribution in [1.82, 2.24) is 15.3 Å². The molecule has 0 amide bonds. The third kappa shape index (κ3) is 5.10. The fourth-order valence-electron chi connectivity index (χ4n) is 2.44. The standard InChI is InChI=1S/C16H19N5O3S2/c22-26(23,21-15-17-8-2-9-18-15)14-6-4-12(5-7-14)20-16(25)19-11-13-3-1-10-24-13/h2,4-9,13H,1,3,10-11H2,(H,17,18,21)(H2,19,20,25)/t13-/m1/s1. The number of aromatic nitrogens is 2. The number of hydrogen-bond donors (Lipinski definition) is 3. The van der Waals surface area contributed by atoms with Crippen LogP contribution in [-0.4, -0.2) is 42.8 Å². The van der Waals surface area contributed by atoms with Gasteiger partial charge in [-0.25, -0.2) is 23.1 Å². The maximum atomic E-state index is 12.3. The van der Waals surface area contributed by atoms with Gasteiger partial charge in [-0.1, -0.05) is 0 Å². The SMILES string of the molecule is O=S(=O)(Nc1ncccn1)c1ccc(NC(=S)NC[C@H]2CCCO2)cc1. The van der Waals surface area contributed by atoms with Crippen molar-refractivity contribution in [2.45, 2.75) is 23.8 Å². The molecule has 0 unspecified atom stereocenters. The Hall–Kier alpha value is -2.30. The lowest BCUT2D eigenvalue weighted by Crippen LogP contribution is -2.34. The van der Waals surface area contributed by atoms with Gasteiger partial charge in [0.05, 0.1) is 11.0 Å². The Bertz CT molecular complexity index is 838. The van der Waals surface area contributed by atoms with Crippen LogP contribution in [0.1, 0.15) is 12.8 Å². The van der Waals surface area contributed by atoms with Crippen LogP contribution in [0.5, 0.6) is 0 Å². The van der Waals surface area contributed by atoms with Gasteiger partial charge in [-0.15, -0.1) is 0 Å². The fourth-order valence-corrected chi connectivity index (χ4v) is 3.59. The predicted molar refractivity (Wildman–Crippen MR) is 102 cm³/mol. The zero-order valence-corrected chi connectivity index (χ0v) is 15.5. The molecule has 8 nitrogen and oxygen atoms in total. The molecule has 3 N–H and O–H groups in total. The summed E-state index contributed by atoms with van der Waals surface area (Å²) in [5, 5.41) is 6.58. The Labute approximate surface area is 157 Å². The minimum absolute atomic E-state index is 0.0224. The molecule has 1 aromatic carbocycles. The molecule has 0 aliphatic carbocycles. The first-order valence-corrected chi connectivity index (χ1v) is 9.98. The lowest BCUT2D eigenvalue weighted by atomic mass is 10.2. The summed E-state index contributed by atoms with van der Waals surface area (Å²) in [5.41, 5.74) is 0.685. The molecule has 0 saturated carbocycles. The highest BCUT2D eigenvalue weighted by atomic mass is 32.2. The van der Waals surface area contributed by atoms with Crippen molar-refractivity contribution in [2.75, 3.05) is 23.2 Å². The second-order valence-corrected chi connectivity index (χ2v) is 7.76. The number of nitrogens with one attached hydrogen (secondary N) is 3. The van der Waals surface area contributed by atoms with Gasteiger partial charge in [0.15, 0.2) is 5.11 Å². The van der Waals surface area contributed by atoms with Crippen LogP contribution in [-0.2, 0) is 14.8 Å². The Morgan fingerprint density at radius 2 is 1.96 bits per heavy atom. The molecule has 0 bridgehead atoms. The minimum atomic E-state index is -3.75. The largest absolute Gasteiger partial charge is 0.376 e. The average Bonchev–Trinajstić information content (AvgIpc) is 3.14. The van der Waals surface area contributed by atoms with Gasteiger partial charge in [-0.2, -0.15) is 0 Å². The van der Waals surface area contributed by atoms with E-state index in [1.165, 1.54) is 24.5 Å². The lowest BCUT2D eigenvalue weighted by molar-refractivity contribution is 0.114. The molecule has 26 heavy (non-hydrogen) atoms. The van der Waals surface area contributed by atoms with Crippen molar-refractivity contribution >= 4 is 39.0 Å². The minimum Gasteiger partial charge on any atom is -0.376 e. The summed E-state index contributed by atoms with van der Waals surface area (Å²) in [7, 11) is -3.75. The molecule has 10 heteroatoms. The van der Waals surface area contributed by atoms with Gasteiger partial charge in [0.2, 0.25) is 5.95 Å². The van der Waals surface area contributed by atoms with E-state index >= 15 is 0 Å². The first kappa shape index (κ1) is 18.5. The summed E-state index contributed by atoms with van der Waals surface area (Å²) in [6.45, 7) is 1.45. The highest BCUT2D eigenvalue weighted by Crippen LogP contribution is 2.16. The maximum absolute atomic E-state index is 12.3. The highest BCUT2D eigenvalue weighted by molar-refractivity contribution is 7.92. The number of ether oxygens (including phenoxy) is 1. The van der Waals surface area contributed by atoms with E-state index in [0.717, 1.165) is 19.4 Å². The number of rotatable bonds is 6. The van der Waals surface area contributed by atoms with Crippen LogP contribution in [0.4, 0.5) is 11.6 Å². The molecule has 3 rings (SSSR count). The number of benzene rings is 1. The van der Waals surface area contributed by atoms with E-state index in [1.54, 1.807) is 18.2 Å². The summed E-state index contributed by atoms with van der Waals surface area (Å²) < 4.78 is 32.5. The highest BCUT2D eigenvalue weighted by Gasteiger charge is 2.16. The van der Waals surface area contributed by atoms with Crippen molar-refractivity contribution in [1.29, 1.82) is 0 Å². The van der Waals surface area contributed by atoms with Crippen LogP contribution in [0.3, 0.4) is 0 Å². The fraction of sp³-hybridized carbons (Fsp3) is 0.312. The van der Waals surface area contributed by atoms with Crippen LogP contribution >= 0.6 is 12.2 Å². The molecule has 1 aliphatic heterocycles. The van der Waals surface area contributed by atoms with Gasteiger partial charge in [0.1, 0.15) is 0 Å². The van der Waals surface area contributed by atoms with Crippen LogP contribution in [0.2, 0.25) is 0 Å². The molecular weight excluding hydrogens is 374 g/mol. The molecular formula is C16H19N5O3S2. The van der Waals surface area contributed by atoms with Crippen molar-refractivity contribution in [3.05, 3.63) is 42.7 Å². The topological polar surface area (TPSA) is 105 Å². The quantitative estimate of drug-likeness (QED) is 0.638. The van der Waals surface area contributed by atoms with Crippen molar-refractivity contribution < 1.29 is 13.2 Å². The van der Waals surface area contributed by atoms with E-state index in [9.17, 15) is 8.42 Å². The Balaban J connectivity index is 1.56. The smallest absolute Gasteiger partial charge is 0.264 e. The van der Waals surface area contributed by atoms with Gasteiger partial charge in [0.25, 0.3) is 10.0 Å². The maximum Gasteiger partial charge on any atom is 0.264 e. The molecule has 1 aromatic heterocycles. The zero-order chi connectivity index (χ0) is 18.4. The van der Waals surface area contributed by atoms with E-state index in [-0.39, 0.29) is 16.9 Å². The number of anilines is 2. The molecule has 138 valence electrons. The van der Waals surface area contributed by atoms with E-state index in [4.69, 9.17) is 17.0 Å². The normalized spacial score (nSPS) is 16.8. The van der Waals surface area contributed by atoms with Crippen molar-refractivity contribution in [3.63, 3.8) is 0 Å². The average molecular weight is 393 g/mol. The van der Waals surface area contributed by atoms with Gasteiger partial charge < -0.3 is 15.4 Å². The van der Waals surface area contributed by atoms with Crippen LogP contribution in [0, 0.1) is 0 Å². The monoisotopic (exact) mass is 393 g/mol. The first-order valence-electron chi connectivity index (χ1n) is 8.09. The second kappa shape index (κ2) is 8.39. The third-order valence-corrected chi connectivity index (χ3v) is 5.32. The third-order valence-electron chi connectivity index (χ3n) is 3.73. The Kier molecular flexibility index (Phi) is 5.96. The number of thiocarbonyl (C=S) groups is 1. The van der Waals surface area contributed by atoms with Crippen LogP contribution in [0.15, 0.2) is 47.6 Å². The summed E-state index contributed by atoms with van der Waals surface area (Å²) in [5.74, 6) is 0.0224. The number of nitrogens with zero attached hydrogens (tertiary/aromatic N) is 2. The summed E-state index contributed by atoms with van der Waals surface area (Å²) in [6, 6.07) is 7.85. The van der Waals surface area contributed by atoms with E-state index in [1.807, 2.05) is 0 Å². The van der Waals surface area contributed by atoms with Crippen LogP contribution in [0.25, 0.3) is 0 Å². The van der Waals surface area contributed by atoms with Gasteiger partial charge in [0, 0.05) is 31.2 Å². The predicted octanol–water partition coefficient (Wildman–Crippen LogP) is 1.74. The van der Waals surface area contributed by atoms with Crippen LogP contribution < -0.4 is 15.4 Å². The molecule has 2 aromatic rings. The van der Waals surface area contributed by atoms with E-state index in [0.29, 0.717) is 17.3 Å². The Morgan fingerprint density at radius 1 is 1.23 bits per heavy atom. The van der Waals surface area contributed by atoms with Crippen molar-refractivity contribution in [2.24, 2.45) is 0 Å². The molecule has 0 radical (unpaired) electrons. The molecule has 1 saturated heterocycles. The lowest BCUT2D eigenvalue weighted by Gasteiger charge is -2.14. The molecule has 0 spiro atoms. The molecule has 1 atom stereocenters. The van der Waals surface area contributed by atoms with Gasteiger partial charge >= 0.3 is 0 Å². The summed E-state index contributed by atoms with van der Waals surface area (Å²) >= 11 is 5.24. The molecule has 1 fully saturated rings. The first-order chi connectivity index (χ1) is 12.5. The molecule has 2 heterocycles. The second-order valence-electron chi connectivity index (χ2n) is 5.67. The van der Waals surface area contributed by atoms with Crippen molar-refractivity contribution in [3.8, 4) is 0 Å². The number of sulfonamides is 1. The van der Waals surface area contributed by atoms with E-state index in [2.05, 4.69) is 25.3 Å².